The van der Waals surface area contributed by atoms with Crippen LogP contribution in [0, 0.1) is 7.05 Å². The molecule has 1 radical (unpaired) electrons. The fraction of sp³-hybridized carbons (Fsp3) is 0. The van der Waals surface area contributed by atoms with E-state index in [2.05, 4.69) is 7.05 Å². The highest BCUT2D eigenvalue weighted by molar-refractivity contribution is 5.72. The van der Waals surface area contributed by atoms with Crippen LogP contribution in [0.1, 0.15) is 0 Å². The Morgan fingerprint density at radius 2 is 2.14 bits per heavy atom. The zero-order chi connectivity index (χ0) is 5.86. The summed E-state index contributed by atoms with van der Waals surface area (Å²) in [6, 6.07) is -0.625. The van der Waals surface area contributed by atoms with Crippen LogP contribution in [0.3, 0.4) is 0 Å². The molecule has 0 rings (SSSR count). The predicted octanol–water partition coefficient (Wildman–Crippen LogP) is -1.46. The predicted molar refractivity (Wildman–Crippen MR) is 24.1 cm³/mol. The molecule has 0 heterocycles. The van der Waals surface area contributed by atoms with Gasteiger partial charge in [0.25, 0.3) is 0 Å². The minimum absolute atomic E-state index is 0.410. The van der Waals surface area contributed by atoms with Gasteiger partial charge in [-0.2, -0.15) is 5.12 Å². The highest BCUT2D eigenvalue weighted by Crippen LogP contribution is 1.62. The number of nitrogens with two attached hydrogens (primary N) is 2. The van der Waals surface area contributed by atoms with Crippen molar-refractivity contribution in [3.63, 3.8) is 0 Å². The number of hydrogen-bond donors (Lipinski definition) is 3. The average Bonchev–Trinajstić information content (AvgIpc) is 1.65. The number of urea groups is 1. The zero-order valence-corrected chi connectivity index (χ0v) is 3.72. The van der Waals surface area contributed by atoms with Crippen molar-refractivity contribution >= 4 is 6.03 Å². The molecule has 0 spiro atoms. The smallest absolute Gasteiger partial charge is 0.334 e. The van der Waals surface area contributed by atoms with Crippen LogP contribution in [0.4, 0.5) is 4.79 Å². The van der Waals surface area contributed by atoms with Gasteiger partial charge in [0.05, 0.1) is 0 Å². The van der Waals surface area contributed by atoms with Crippen molar-refractivity contribution in [3.05, 3.63) is 7.05 Å². The maximum atomic E-state index is 10.0. The van der Waals surface area contributed by atoms with Gasteiger partial charge < -0.3 is 5.32 Å². The molecule has 5 heteroatoms. The first kappa shape index (κ1) is 6.19. The second-order valence-corrected chi connectivity index (χ2v) is 0.889. The summed E-state index contributed by atoms with van der Waals surface area (Å²) in [5, 5.41) is 2.36. The second kappa shape index (κ2) is 2.38. The molecule has 0 aromatic carbocycles. The first-order valence-electron chi connectivity index (χ1n) is 1.55. The number of carbonyl (C=O) groups excluding carboxylic acids is 1. The van der Waals surface area contributed by atoms with E-state index in [0.29, 0.717) is 5.12 Å². The molecule has 0 saturated heterocycles. The molecule has 41 valence electrons. The quantitative estimate of drug-likeness (QED) is 0.199. The van der Waals surface area contributed by atoms with Crippen molar-refractivity contribution in [2.24, 2.45) is 11.7 Å². The Morgan fingerprint density at radius 1 is 1.71 bits per heavy atom. The van der Waals surface area contributed by atoms with Gasteiger partial charge in [-0.25, -0.2) is 16.5 Å². The van der Waals surface area contributed by atoms with Crippen LogP contribution in [0.5, 0.6) is 0 Å². The molecule has 0 fully saturated rings. The monoisotopic (exact) mass is 103 g/mol. The molecule has 0 aromatic rings. The van der Waals surface area contributed by atoms with Crippen molar-refractivity contribution in [1.82, 2.24) is 10.4 Å². The zero-order valence-electron chi connectivity index (χ0n) is 3.72. The summed E-state index contributed by atoms with van der Waals surface area (Å²) in [5.41, 5.74) is 0. The highest BCUT2D eigenvalue weighted by Gasteiger charge is 1.96. The number of nitrogens with zero attached hydrogens (tertiary/aromatic N) is 1. The Labute approximate surface area is 41.2 Å². The number of hydrogen-bond acceptors (Lipinski definition) is 3. The summed E-state index contributed by atoms with van der Waals surface area (Å²) in [4.78, 5) is 10.0. The molecular formula is C2H7N4O. The molecular weight excluding hydrogens is 96.0 g/mol. The molecule has 0 bridgehead atoms. The fourth-order valence-electron chi connectivity index (χ4n) is 0.0913. The van der Waals surface area contributed by atoms with Gasteiger partial charge in [0, 0.05) is 7.05 Å². The summed E-state index contributed by atoms with van der Waals surface area (Å²) in [6.45, 7) is 0. The molecule has 0 saturated carbocycles. The van der Waals surface area contributed by atoms with Crippen molar-refractivity contribution in [3.8, 4) is 0 Å². The summed E-state index contributed by atoms with van der Waals surface area (Å²) in [5.74, 6) is 9.41. The van der Waals surface area contributed by atoms with Crippen LogP contribution in [0.15, 0.2) is 0 Å². The van der Waals surface area contributed by atoms with Crippen molar-refractivity contribution in [2.45, 2.75) is 0 Å². The van der Waals surface area contributed by atoms with Gasteiger partial charge in [-0.15, -0.1) is 0 Å². The number of carbonyl (C=O) groups is 1. The lowest BCUT2D eigenvalue weighted by Crippen LogP contribution is -2.47. The largest absolute Gasteiger partial charge is 0.346 e. The third kappa shape index (κ3) is 1.96. The van der Waals surface area contributed by atoms with Crippen LogP contribution in [-0.2, 0) is 0 Å². The van der Waals surface area contributed by atoms with Crippen molar-refractivity contribution in [2.75, 3.05) is 0 Å². The van der Waals surface area contributed by atoms with E-state index in [1.807, 2.05) is 5.32 Å². The van der Waals surface area contributed by atoms with E-state index >= 15 is 0 Å². The first-order chi connectivity index (χ1) is 3.18. The third-order valence-corrected chi connectivity index (χ3v) is 0.386. The van der Waals surface area contributed by atoms with E-state index in [4.69, 9.17) is 11.7 Å². The Balaban J connectivity index is 3.35. The van der Waals surface area contributed by atoms with Crippen LogP contribution in [0.2, 0.25) is 0 Å². The number of rotatable bonds is 0. The Kier molecular flexibility index (Phi) is 2.10. The molecule has 0 aromatic heterocycles. The maximum absolute atomic E-state index is 10.0. The lowest BCUT2D eigenvalue weighted by Gasteiger charge is -2.05. The summed E-state index contributed by atoms with van der Waals surface area (Å²) >= 11 is 0. The molecule has 5 nitrogen and oxygen atoms in total. The van der Waals surface area contributed by atoms with Crippen LogP contribution in [0.25, 0.3) is 0 Å². The Morgan fingerprint density at radius 3 is 2.14 bits per heavy atom. The molecule has 0 aliphatic rings. The number of nitrogens with one attached hydrogen (secondary N) is 1. The van der Waals surface area contributed by atoms with Gasteiger partial charge in [0.15, 0.2) is 0 Å². The van der Waals surface area contributed by atoms with E-state index in [-0.39, 0.29) is 0 Å². The third-order valence-electron chi connectivity index (χ3n) is 0.386. The first-order valence-corrected chi connectivity index (χ1v) is 1.55. The lowest BCUT2D eigenvalue weighted by molar-refractivity contribution is 0.204. The molecule has 0 atom stereocenters. The highest BCUT2D eigenvalue weighted by atomic mass is 16.2. The molecule has 0 aliphatic heterocycles. The van der Waals surface area contributed by atoms with Crippen LogP contribution < -0.4 is 17.0 Å². The van der Waals surface area contributed by atoms with Crippen molar-refractivity contribution < 1.29 is 4.79 Å². The van der Waals surface area contributed by atoms with E-state index in [1.54, 1.807) is 0 Å². The summed E-state index contributed by atoms with van der Waals surface area (Å²) < 4.78 is 0. The Bertz CT molecular complexity index is 70.1. The molecule has 0 aliphatic carbocycles. The molecule has 0 unspecified atom stereocenters. The fourth-order valence-corrected chi connectivity index (χ4v) is 0.0913. The Hall–Kier alpha value is -0.810. The van der Waals surface area contributed by atoms with Gasteiger partial charge in [0.2, 0.25) is 0 Å². The van der Waals surface area contributed by atoms with E-state index in [0.717, 1.165) is 0 Å². The van der Waals surface area contributed by atoms with Gasteiger partial charge in [-0.1, -0.05) is 0 Å². The van der Waals surface area contributed by atoms with Gasteiger partial charge in [-0.3, -0.25) is 0 Å². The number of amides is 2. The van der Waals surface area contributed by atoms with Crippen LogP contribution >= 0.6 is 0 Å². The van der Waals surface area contributed by atoms with E-state index in [1.165, 1.54) is 0 Å². The number of hydrazine groups is 2. The van der Waals surface area contributed by atoms with Gasteiger partial charge >= 0.3 is 6.03 Å². The second-order valence-electron chi connectivity index (χ2n) is 0.889. The molecule has 5 N–H and O–H groups in total. The molecule has 2 amide bonds. The average molecular weight is 103 g/mol. The van der Waals surface area contributed by atoms with Gasteiger partial charge in [0.1, 0.15) is 0 Å². The SMILES string of the molecule is [CH2]NC(=O)N(N)N. The maximum Gasteiger partial charge on any atom is 0.346 e. The summed E-state index contributed by atoms with van der Waals surface area (Å²) in [7, 11) is 3.01. The standard InChI is InChI=1S/C2H7N4O/c1-5-2(7)6(3)4/h1,3-4H2,(H,5,7). The van der Waals surface area contributed by atoms with Gasteiger partial charge in [-0.05, 0) is 0 Å². The van der Waals surface area contributed by atoms with E-state index < -0.39 is 6.03 Å². The molecule has 7 heavy (non-hydrogen) atoms. The van der Waals surface area contributed by atoms with Crippen LogP contribution in [-0.4, -0.2) is 11.1 Å². The minimum atomic E-state index is -0.625. The lowest BCUT2D eigenvalue weighted by atomic mass is 11.0. The minimum Gasteiger partial charge on any atom is -0.334 e. The topological polar surface area (TPSA) is 84.4 Å². The van der Waals surface area contributed by atoms with Crippen molar-refractivity contribution in [1.29, 1.82) is 0 Å². The van der Waals surface area contributed by atoms with E-state index in [9.17, 15) is 4.79 Å². The summed E-state index contributed by atoms with van der Waals surface area (Å²) in [6.07, 6.45) is 0. The normalized spacial score (nSPS) is 7.86.